The number of nitrogen functional groups attached to an aromatic ring is 1. The Bertz CT molecular complexity index is 615. The number of benzene rings is 1. The van der Waals surface area contributed by atoms with Crippen LogP contribution < -0.4 is 16.2 Å². The van der Waals surface area contributed by atoms with Crippen LogP contribution in [0.15, 0.2) is 41.3 Å². The summed E-state index contributed by atoms with van der Waals surface area (Å²) in [7, 11) is 0. The third kappa shape index (κ3) is 3.17. The van der Waals surface area contributed by atoms with Gasteiger partial charge in [-0.25, -0.2) is 4.68 Å². The Hall–Kier alpha value is -2.30. The van der Waals surface area contributed by atoms with Gasteiger partial charge in [0.15, 0.2) is 0 Å². The second-order valence-corrected chi connectivity index (χ2v) is 4.62. The molecule has 5 heteroatoms. The van der Waals surface area contributed by atoms with Gasteiger partial charge >= 0.3 is 0 Å². The zero-order chi connectivity index (χ0) is 14.5. The molecular weight excluding hydrogens is 252 g/mol. The first kappa shape index (κ1) is 14.1. The van der Waals surface area contributed by atoms with Gasteiger partial charge in [0.25, 0.3) is 5.56 Å². The van der Waals surface area contributed by atoms with Gasteiger partial charge in [-0.2, -0.15) is 5.10 Å². The van der Waals surface area contributed by atoms with Gasteiger partial charge in [0.1, 0.15) is 0 Å². The average molecular weight is 272 g/mol. The monoisotopic (exact) mass is 272 g/mol. The standard InChI is InChI=1S/C15H20N4O/c1-3-18(4-2)14-9-15(20)19(17-10-14)11-12-5-7-13(16)8-6-12/h5-10H,3-4,11,16H2,1-2H3. The molecule has 0 aliphatic rings. The Morgan fingerprint density at radius 1 is 1.20 bits per heavy atom. The highest BCUT2D eigenvalue weighted by Gasteiger charge is 2.05. The van der Waals surface area contributed by atoms with Crippen molar-refractivity contribution < 1.29 is 0 Å². The second kappa shape index (κ2) is 6.23. The lowest BCUT2D eigenvalue weighted by atomic mass is 10.2. The van der Waals surface area contributed by atoms with Crippen molar-refractivity contribution in [3.05, 3.63) is 52.4 Å². The van der Waals surface area contributed by atoms with Crippen molar-refractivity contribution in [3.8, 4) is 0 Å². The SMILES string of the molecule is CCN(CC)c1cnn(Cc2ccc(N)cc2)c(=O)c1. The summed E-state index contributed by atoms with van der Waals surface area (Å²) in [6, 6.07) is 9.09. The highest BCUT2D eigenvalue weighted by Crippen LogP contribution is 2.09. The Morgan fingerprint density at radius 3 is 2.40 bits per heavy atom. The van der Waals surface area contributed by atoms with E-state index in [4.69, 9.17) is 5.73 Å². The third-order valence-electron chi connectivity index (χ3n) is 3.30. The molecule has 1 aromatic heterocycles. The first-order chi connectivity index (χ1) is 9.63. The average Bonchev–Trinajstić information content (AvgIpc) is 2.45. The zero-order valence-electron chi connectivity index (χ0n) is 11.9. The molecule has 0 bridgehead atoms. The van der Waals surface area contributed by atoms with Crippen molar-refractivity contribution in [1.29, 1.82) is 0 Å². The molecule has 0 aliphatic heterocycles. The predicted octanol–water partition coefficient (Wildman–Crippen LogP) is 1.72. The fraction of sp³-hybridized carbons (Fsp3) is 0.333. The molecule has 2 rings (SSSR count). The maximum absolute atomic E-state index is 12.1. The van der Waals surface area contributed by atoms with Crippen molar-refractivity contribution in [2.45, 2.75) is 20.4 Å². The van der Waals surface area contributed by atoms with Crippen LogP contribution in [0.3, 0.4) is 0 Å². The van der Waals surface area contributed by atoms with E-state index >= 15 is 0 Å². The van der Waals surface area contributed by atoms with Crippen molar-refractivity contribution in [1.82, 2.24) is 9.78 Å². The lowest BCUT2D eigenvalue weighted by molar-refractivity contribution is 0.636. The molecule has 0 saturated heterocycles. The predicted molar refractivity (Wildman–Crippen MR) is 82.0 cm³/mol. The van der Waals surface area contributed by atoms with E-state index in [1.54, 1.807) is 12.3 Å². The van der Waals surface area contributed by atoms with Crippen molar-refractivity contribution in [3.63, 3.8) is 0 Å². The molecule has 5 nitrogen and oxygen atoms in total. The maximum Gasteiger partial charge on any atom is 0.269 e. The summed E-state index contributed by atoms with van der Waals surface area (Å²) in [6.07, 6.45) is 1.74. The molecule has 0 aliphatic carbocycles. The number of nitrogens with zero attached hydrogens (tertiary/aromatic N) is 3. The molecule has 0 spiro atoms. The highest BCUT2D eigenvalue weighted by molar-refractivity contribution is 5.42. The first-order valence-corrected chi connectivity index (χ1v) is 6.80. The van der Waals surface area contributed by atoms with Crippen LogP contribution in [0.4, 0.5) is 11.4 Å². The van der Waals surface area contributed by atoms with Crippen molar-refractivity contribution >= 4 is 11.4 Å². The third-order valence-corrected chi connectivity index (χ3v) is 3.30. The summed E-state index contributed by atoms with van der Waals surface area (Å²) < 4.78 is 1.46. The molecule has 2 N–H and O–H groups in total. The van der Waals surface area contributed by atoms with Gasteiger partial charge in [0.05, 0.1) is 18.4 Å². The fourth-order valence-corrected chi connectivity index (χ4v) is 2.10. The molecule has 20 heavy (non-hydrogen) atoms. The summed E-state index contributed by atoms with van der Waals surface area (Å²) in [4.78, 5) is 14.2. The number of hydrogen-bond acceptors (Lipinski definition) is 4. The van der Waals surface area contributed by atoms with Crippen LogP contribution in [0.25, 0.3) is 0 Å². The minimum Gasteiger partial charge on any atom is -0.399 e. The largest absolute Gasteiger partial charge is 0.399 e. The molecule has 0 amide bonds. The highest BCUT2D eigenvalue weighted by atomic mass is 16.1. The zero-order valence-corrected chi connectivity index (χ0v) is 11.9. The van der Waals surface area contributed by atoms with Gasteiger partial charge in [0, 0.05) is 24.8 Å². The summed E-state index contributed by atoms with van der Waals surface area (Å²) in [5.41, 5.74) is 8.14. The second-order valence-electron chi connectivity index (χ2n) is 4.62. The Kier molecular flexibility index (Phi) is 4.40. The van der Waals surface area contributed by atoms with Crippen LogP contribution >= 0.6 is 0 Å². The smallest absolute Gasteiger partial charge is 0.269 e. The van der Waals surface area contributed by atoms with Gasteiger partial charge in [-0.15, -0.1) is 0 Å². The van der Waals surface area contributed by atoms with Gasteiger partial charge in [-0.3, -0.25) is 4.79 Å². The molecule has 2 aromatic rings. The van der Waals surface area contributed by atoms with Gasteiger partial charge in [-0.1, -0.05) is 12.1 Å². The molecule has 1 heterocycles. The summed E-state index contributed by atoms with van der Waals surface area (Å²) >= 11 is 0. The Labute approximate surface area is 118 Å². The number of rotatable bonds is 5. The molecular formula is C15H20N4O. The number of aromatic nitrogens is 2. The minimum absolute atomic E-state index is 0.0915. The molecule has 0 fully saturated rings. The van der Waals surface area contributed by atoms with Crippen molar-refractivity contribution in [2.24, 2.45) is 0 Å². The topological polar surface area (TPSA) is 64.2 Å². The fourth-order valence-electron chi connectivity index (χ4n) is 2.10. The Balaban J connectivity index is 2.22. The minimum atomic E-state index is -0.0915. The van der Waals surface area contributed by atoms with Crippen LogP contribution in [-0.2, 0) is 6.54 Å². The van der Waals surface area contributed by atoms with Crippen molar-refractivity contribution in [2.75, 3.05) is 23.7 Å². The van der Waals surface area contributed by atoms with Gasteiger partial charge < -0.3 is 10.6 Å². The normalized spacial score (nSPS) is 10.5. The van der Waals surface area contributed by atoms with Crippen LogP contribution in [0.5, 0.6) is 0 Å². The van der Waals surface area contributed by atoms with E-state index in [-0.39, 0.29) is 5.56 Å². The summed E-state index contributed by atoms with van der Waals surface area (Å²) in [6.45, 7) is 6.30. The van der Waals surface area contributed by atoms with E-state index < -0.39 is 0 Å². The molecule has 0 saturated carbocycles. The first-order valence-electron chi connectivity index (χ1n) is 6.80. The van der Waals surface area contributed by atoms with E-state index in [0.717, 1.165) is 24.3 Å². The van der Waals surface area contributed by atoms with E-state index in [0.29, 0.717) is 12.2 Å². The Morgan fingerprint density at radius 2 is 1.85 bits per heavy atom. The summed E-state index contributed by atoms with van der Waals surface area (Å²) in [5, 5.41) is 4.24. The van der Waals surface area contributed by atoms with Crippen LogP contribution in [-0.4, -0.2) is 22.9 Å². The molecule has 106 valence electrons. The maximum atomic E-state index is 12.1. The van der Waals surface area contributed by atoms with E-state index in [1.807, 2.05) is 24.3 Å². The van der Waals surface area contributed by atoms with E-state index in [9.17, 15) is 4.79 Å². The van der Waals surface area contributed by atoms with E-state index in [1.165, 1.54) is 4.68 Å². The molecule has 0 radical (unpaired) electrons. The summed E-state index contributed by atoms with van der Waals surface area (Å²) in [5.74, 6) is 0. The van der Waals surface area contributed by atoms with E-state index in [2.05, 4.69) is 23.8 Å². The quantitative estimate of drug-likeness (QED) is 0.842. The number of nitrogens with two attached hydrogens (primary N) is 1. The number of hydrogen-bond donors (Lipinski definition) is 1. The lowest BCUT2D eigenvalue weighted by Crippen LogP contribution is -2.28. The lowest BCUT2D eigenvalue weighted by Gasteiger charge is -2.20. The van der Waals surface area contributed by atoms with Crippen LogP contribution in [0, 0.1) is 0 Å². The van der Waals surface area contributed by atoms with Crippen LogP contribution in [0.2, 0.25) is 0 Å². The van der Waals surface area contributed by atoms with Gasteiger partial charge in [0.2, 0.25) is 0 Å². The molecule has 0 atom stereocenters. The van der Waals surface area contributed by atoms with Gasteiger partial charge in [-0.05, 0) is 31.5 Å². The van der Waals surface area contributed by atoms with Crippen LogP contribution in [0.1, 0.15) is 19.4 Å². The molecule has 1 aromatic carbocycles. The number of anilines is 2. The molecule has 0 unspecified atom stereocenters.